The number of nitrogens with one attached hydrogen (secondary N) is 1. The lowest BCUT2D eigenvalue weighted by atomic mass is 10.0. The molecule has 1 atom stereocenters. The van der Waals surface area contributed by atoms with E-state index in [9.17, 15) is 17.2 Å². The van der Waals surface area contributed by atoms with Gasteiger partial charge in [-0.05, 0) is 19.4 Å². The van der Waals surface area contributed by atoms with Gasteiger partial charge in [0.2, 0.25) is 10.0 Å². The molecule has 1 aromatic rings. The summed E-state index contributed by atoms with van der Waals surface area (Å²) in [5.41, 5.74) is 0.506. The number of nitrogens with zero attached hydrogens (tertiary/aromatic N) is 3. The summed E-state index contributed by atoms with van der Waals surface area (Å²) in [6.45, 7) is 7.39. The second-order valence-corrected chi connectivity index (χ2v) is 8.45. The molecule has 3 N–H and O–H groups in total. The van der Waals surface area contributed by atoms with Gasteiger partial charge in [0.15, 0.2) is 5.96 Å². The highest BCUT2D eigenvalue weighted by atomic mass is 32.2. The van der Waals surface area contributed by atoms with Crippen molar-refractivity contribution in [3.63, 3.8) is 0 Å². The SMILES string of the molecule is CCNC(=NCCS(N)(=O)=O)N1CCN(C(CC)c2ccc(F)cc2F)CC1. The number of piperazine rings is 1. The molecule has 158 valence electrons. The van der Waals surface area contributed by atoms with Crippen molar-refractivity contribution in [3.05, 3.63) is 35.4 Å². The number of primary sulfonamides is 1. The van der Waals surface area contributed by atoms with Gasteiger partial charge in [0.1, 0.15) is 11.6 Å². The van der Waals surface area contributed by atoms with Crippen LogP contribution in [0.3, 0.4) is 0 Å². The van der Waals surface area contributed by atoms with Crippen molar-refractivity contribution in [1.29, 1.82) is 0 Å². The Bertz CT molecular complexity index is 780. The fraction of sp³-hybridized carbons (Fsp3) is 0.611. The molecule has 1 fully saturated rings. The van der Waals surface area contributed by atoms with E-state index in [0.29, 0.717) is 50.7 Å². The number of hydrogen-bond donors (Lipinski definition) is 2. The summed E-state index contributed by atoms with van der Waals surface area (Å²) in [5, 5.41) is 8.19. The molecule has 7 nitrogen and oxygen atoms in total. The molecule has 1 aliphatic heterocycles. The molecule has 2 rings (SSSR count). The number of nitrogens with two attached hydrogens (primary N) is 1. The van der Waals surface area contributed by atoms with Crippen LogP contribution in [0.15, 0.2) is 23.2 Å². The van der Waals surface area contributed by atoms with Gasteiger partial charge >= 0.3 is 0 Å². The van der Waals surface area contributed by atoms with Crippen LogP contribution in [-0.2, 0) is 10.0 Å². The Morgan fingerprint density at radius 3 is 2.46 bits per heavy atom. The molecule has 1 heterocycles. The maximum atomic E-state index is 14.2. The Morgan fingerprint density at radius 2 is 1.93 bits per heavy atom. The number of guanidine groups is 1. The van der Waals surface area contributed by atoms with Gasteiger partial charge in [-0.3, -0.25) is 9.89 Å². The fourth-order valence-corrected chi connectivity index (χ4v) is 3.74. The molecule has 10 heteroatoms. The Balaban J connectivity index is 2.03. The van der Waals surface area contributed by atoms with Crippen LogP contribution < -0.4 is 10.5 Å². The van der Waals surface area contributed by atoms with Crippen LogP contribution in [0.25, 0.3) is 0 Å². The molecule has 0 saturated carbocycles. The first-order valence-corrected chi connectivity index (χ1v) is 11.2. The highest BCUT2D eigenvalue weighted by Gasteiger charge is 2.27. The summed E-state index contributed by atoms with van der Waals surface area (Å²) in [5.74, 6) is -0.658. The van der Waals surface area contributed by atoms with Crippen LogP contribution in [-0.4, -0.2) is 69.2 Å². The summed E-state index contributed by atoms with van der Waals surface area (Å²) in [6, 6.07) is 3.61. The maximum absolute atomic E-state index is 14.2. The van der Waals surface area contributed by atoms with Crippen LogP contribution in [0.4, 0.5) is 8.78 Å². The normalized spacial score (nSPS) is 17.6. The average Bonchev–Trinajstić information content (AvgIpc) is 2.63. The number of halogens is 2. The smallest absolute Gasteiger partial charge is 0.210 e. The first kappa shape index (κ1) is 22.5. The van der Waals surface area contributed by atoms with Gasteiger partial charge < -0.3 is 10.2 Å². The summed E-state index contributed by atoms with van der Waals surface area (Å²) in [6.07, 6.45) is 0.713. The summed E-state index contributed by atoms with van der Waals surface area (Å²) in [7, 11) is -3.55. The zero-order chi connectivity index (χ0) is 20.7. The molecule has 0 aromatic heterocycles. The lowest BCUT2D eigenvalue weighted by Crippen LogP contribution is -2.53. The molecule has 1 aromatic carbocycles. The molecular weight excluding hydrogens is 388 g/mol. The number of hydrogen-bond acceptors (Lipinski definition) is 4. The molecule has 0 bridgehead atoms. The second-order valence-electron chi connectivity index (χ2n) is 6.72. The third kappa shape index (κ3) is 6.39. The van der Waals surface area contributed by atoms with Crippen molar-refractivity contribution in [1.82, 2.24) is 15.1 Å². The largest absolute Gasteiger partial charge is 0.357 e. The summed E-state index contributed by atoms with van der Waals surface area (Å²) in [4.78, 5) is 8.58. The van der Waals surface area contributed by atoms with E-state index in [2.05, 4.69) is 20.1 Å². The van der Waals surface area contributed by atoms with Gasteiger partial charge in [-0.25, -0.2) is 22.3 Å². The summed E-state index contributed by atoms with van der Waals surface area (Å²) < 4.78 is 49.6. The van der Waals surface area contributed by atoms with Crippen LogP contribution in [0.2, 0.25) is 0 Å². The van der Waals surface area contributed by atoms with Gasteiger partial charge in [-0.1, -0.05) is 13.0 Å². The van der Waals surface area contributed by atoms with Gasteiger partial charge in [0.25, 0.3) is 0 Å². The van der Waals surface area contributed by atoms with E-state index in [0.717, 1.165) is 6.07 Å². The lowest BCUT2D eigenvalue weighted by Gasteiger charge is -2.40. The first-order chi connectivity index (χ1) is 13.2. The third-order valence-electron chi connectivity index (χ3n) is 4.74. The van der Waals surface area contributed by atoms with E-state index < -0.39 is 21.7 Å². The molecule has 1 unspecified atom stereocenters. The monoisotopic (exact) mass is 417 g/mol. The van der Waals surface area contributed by atoms with E-state index in [4.69, 9.17) is 5.14 Å². The van der Waals surface area contributed by atoms with Gasteiger partial charge in [-0.2, -0.15) is 0 Å². The topological polar surface area (TPSA) is 91.0 Å². The number of benzene rings is 1. The molecule has 0 aliphatic carbocycles. The molecule has 1 aliphatic rings. The molecular formula is C18H29F2N5O2S. The van der Waals surface area contributed by atoms with Gasteiger partial charge in [0.05, 0.1) is 12.3 Å². The second kappa shape index (κ2) is 10.1. The van der Waals surface area contributed by atoms with Crippen LogP contribution in [0.1, 0.15) is 31.9 Å². The average molecular weight is 418 g/mol. The first-order valence-electron chi connectivity index (χ1n) is 9.47. The van der Waals surface area contributed by atoms with Crippen LogP contribution in [0, 0.1) is 11.6 Å². The van der Waals surface area contributed by atoms with E-state index in [1.54, 1.807) is 0 Å². The Morgan fingerprint density at radius 1 is 1.25 bits per heavy atom. The van der Waals surface area contributed by atoms with E-state index >= 15 is 0 Å². The van der Waals surface area contributed by atoms with Crippen molar-refractivity contribution in [2.75, 3.05) is 45.0 Å². The minimum atomic E-state index is -3.55. The van der Waals surface area contributed by atoms with E-state index in [1.165, 1.54) is 12.1 Å². The van der Waals surface area contributed by atoms with Crippen molar-refractivity contribution >= 4 is 16.0 Å². The predicted octanol–water partition coefficient (Wildman–Crippen LogP) is 1.29. The third-order valence-corrected chi connectivity index (χ3v) is 5.49. The standard InChI is InChI=1S/C18H29F2N5O2S/c1-3-17(15-6-5-14(19)13-16(15)20)24-8-10-25(11-9-24)18(22-4-2)23-7-12-28(21,26)27/h5-6,13,17H,3-4,7-12H2,1-2H3,(H,22,23)(H2,21,26,27). The van der Waals surface area contributed by atoms with Gasteiger partial charge in [0, 0.05) is 50.4 Å². The highest BCUT2D eigenvalue weighted by molar-refractivity contribution is 7.89. The zero-order valence-corrected chi connectivity index (χ0v) is 17.2. The van der Waals surface area contributed by atoms with E-state index in [-0.39, 0.29) is 18.3 Å². The molecule has 1 saturated heterocycles. The maximum Gasteiger partial charge on any atom is 0.210 e. The molecule has 0 radical (unpaired) electrons. The minimum absolute atomic E-state index is 0.0970. The molecule has 0 amide bonds. The molecule has 0 spiro atoms. The number of rotatable bonds is 7. The minimum Gasteiger partial charge on any atom is -0.357 e. The van der Waals surface area contributed by atoms with Crippen LogP contribution >= 0.6 is 0 Å². The van der Waals surface area contributed by atoms with Crippen molar-refractivity contribution < 1.29 is 17.2 Å². The van der Waals surface area contributed by atoms with E-state index in [1.807, 2.05) is 13.8 Å². The lowest BCUT2D eigenvalue weighted by molar-refractivity contribution is 0.124. The summed E-state index contributed by atoms with van der Waals surface area (Å²) >= 11 is 0. The van der Waals surface area contributed by atoms with Crippen molar-refractivity contribution in [3.8, 4) is 0 Å². The zero-order valence-electron chi connectivity index (χ0n) is 16.4. The van der Waals surface area contributed by atoms with Crippen molar-refractivity contribution in [2.24, 2.45) is 10.1 Å². The fourth-order valence-electron chi connectivity index (χ4n) is 3.40. The number of aliphatic imine (C=N–C) groups is 1. The Hall–Kier alpha value is -1.78. The Kier molecular flexibility index (Phi) is 8.14. The predicted molar refractivity (Wildman–Crippen MR) is 106 cm³/mol. The highest BCUT2D eigenvalue weighted by Crippen LogP contribution is 2.28. The quantitative estimate of drug-likeness (QED) is 0.515. The molecule has 28 heavy (non-hydrogen) atoms. The number of sulfonamides is 1. The van der Waals surface area contributed by atoms with Gasteiger partial charge in [-0.15, -0.1) is 0 Å². The Labute approximate surface area is 165 Å². The van der Waals surface area contributed by atoms with Crippen molar-refractivity contribution in [2.45, 2.75) is 26.3 Å². The van der Waals surface area contributed by atoms with Crippen LogP contribution in [0.5, 0.6) is 0 Å².